The number of carbonyl (C=O) groups excluding carboxylic acids is 1. The minimum atomic E-state index is -2.98. The lowest BCUT2D eigenvalue weighted by molar-refractivity contribution is 0.0734. The second kappa shape index (κ2) is 6.42. The molecular weight excluding hydrogens is 304 g/mol. The van der Waals surface area contributed by atoms with Crippen molar-refractivity contribution in [2.24, 2.45) is 0 Å². The molecule has 1 aromatic rings. The third-order valence-electron chi connectivity index (χ3n) is 4.33. The Morgan fingerprint density at radius 3 is 2.41 bits per heavy atom. The van der Waals surface area contributed by atoms with E-state index < -0.39 is 9.84 Å². The van der Waals surface area contributed by atoms with Gasteiger partial charge in [-0.3, -0.25) is 9.69 Å². The molecule has 0 aliphatic carbocycles. The summed E-state index contributed by atoms with van der Waals surface area (Å²) in [6.45, 7) is 3.40. The normalized spacial score (nSPS) is 22.6. The highest BCUT2D eigenvalue weighted by atomic mass is 32.2. The second-order valence-electron chi connectivity index (χ2n) is 6.05. The van der Waals surface area contributed by atoms with E-state index in [0.717, 1.165) is 25.4 Å². The Balaban J connectivity index is 1.59. The van der Waals surface area contributed by atoms with E-state index in [1.807, 2.05) is 6.07 Å². The molecule has 7 heteroatoms. The van der Waals surface area contributed by atoms with Crippen molar-refractivity contribution in [2.75, 3.05) is 37.7 Å². The maximum absolute atomic E-state index is 12.3. The Hall–Kier alpha value is -1.34. The third-order valence-corrected chi connectivity index (χ3v) is 5.94. The molecule has 2 aliphatic rings. The molecule has 0 N–H and O–H groups in total. The molecule has 2 aliphatic heterocycles. The maximum atomic E-state index is 12.3. The predicted molar refractivity (Wildman–Crippen MR) is 82.4 cm³/mol. The van der Waals surface area contributed by atoms with Crippen molar-refractivity contribution >= 4 is 15.7 Å². The molecular formula is C15H22N2O4S. The average Bonchev–Trinajstić information content (AvgIpc) is 2.96. The number of amides is 1. The summed E-state index contributed by atoms with van der Waals surface area (Å²) >= 11 is 0. The predicted octanol–water partition coefficient (Wildman–Crippen LogP) is 1.14. The first-order valence-corrected chi connectivity index (χ1v) is 9.66. The molecule has 0 radical (unpaired) electrons. The van der Waals surface area contributed by atoms with Gasteiger partial charge >= 0.3 is 0 Å². The Labute approximate surface area is 131 Å². The smallest absolute Gasteiger partial charge is 0.289 e. The van der Waals surface area contributed by atoms with Gasteiger partial charge in [0.2, 0.25) is 0 Å². The van der Waals surface area contributed by atoms with Gasteiger partial charge in [0.25, 0.3) is 5.91 Å². The van der Waals surface area contributed by atoms with E-state index in [0.29, 0.717) is 5.76 Å². The van der Waals surface area contributed by atoms with Gasteiger partial charge in [0.15, 0.2) is 15.6 Å². The van der Waals surface area contributed by atoms with Crippen molar-refractivity contribution in [3.63, 3.8) is 0 Å². The molecule has 3 heterocycles. The van der Waals surface area contributed by atoms with Gasteiger partial charge in [-0.25, -0.2) is 8.42 Å². The number of likely N-dealkylation sites (tertiary alicyclic amines) is 1. The van der Waals surface area contributed by atoms with Crippen molar-refractivity contribution in [3.05, 3.63) is 23.7 Å². The first-order valence-electron chi connectivity index (χ1n) is 7.84. The molecule has 0 saturated carbocycles. The summed E-state index contributed by atoms with van der Waals surface area (Å²) in [4.78, 5) is 16.2. The summed E-state index contributed by atoms with van der Waals surface area (Å²) < 4.78 is 28.5. The van der Waals surface area contributed by atoms with E-state index in [9.17, 15) is 13.2 Å². The van der Waals surface area contributed by atoms with Gasteiger partial charge < -0.3 is 9.32 Å². The van der Waals surface area contributed by atoms with Crippen LogP contribution in [0.4, 0.5) is 0 Å². The van der Waals surface area contributed by atoms with Crippen LogP contribution in [0.2, 0.25) is 0 Å². The first-order chi connectivity index (χ1) is 10.5. The van der Waals surface area contributed by atoms with Gasteiger partial charge in [-0.15, -0.1) is 0 Å². The number of nitrogens with zero attached hydrogens (tertiary/aromatic N) is 2. The van der Waals surface area contributed by atoms with Crippen molar-refractivity contribution in [1.29, 1.82) is 0 Å². The number of furan rings is 1. The Morgan fingerprint density at radius 2 is 1.73 bits per heavy atom. The fraction of sp³-hybridized carbons (Fsp3) is 0.667. The van der Waals surface area contributed by atoms with Crippen LogP contribution in [0.15, 0.2) is 16.5 Å². The van der Waals surface area contributed by atoms with Crippen LogP contribution in [-0.4, -0.2) is 61.8 Å². The van der Waals surface area contributed by atoms with Gasteiger partial charge in [-0.05, 0) is 38.1 Å². The second-order valence-corrected chi connectivity index (χ2v) is 8.35. The van der Waals surface area contributed by atoms with E-state index in [2.05, 4.69) is 4.90 Å². The molecule has 122 valence electrons. The quantitative estimate of drug-likeness (QED) is 0.833. The van der Waals surface area contributed by atoms with E-state index in [4.69, 9.17) is 4.42 Å². The number of rotatable bonds is 3. The van der Waals surface area contributed by atoms with Gasteiger partial charge in [-0.2, -0.15) is 0 Å². The lowest BCUT2D eigenvalue weighted by Crippen LogP contribution is -2.43. The highest BCUT2D eigenvalue weighted by Crippen LogP contribution is 2.17. The molecule has 0 bridgehead atoms. The van der Waals surface area contributed by atoms with Crippen LogP contribution in [0.25, 0.3) is 0 Å². The molecule has 1 amide bonds. The van der Waals surface area contributed by atoms with Crippen LogP contribution in [0, 0.1) is 0 Å². The zero-order chi connectivity index (χ0) is 15.6. The lowest BCUT2D eigenvalue weighted by atomic mass is 10.1. The van der Waals surface area contributed by atoms with Crippen molar-refractivity contribution in [1.82, 2.24) is 9.80 Å². The monoisotopic (exact) mass is 326 g/mol. The van der Waals surface area contributed by atoms with Crippen LogP contribution in [0.3, 0.4) is 0 Å². The number of hydrogen-bond acceptors (Lipinski definition) is 5. The standard InChI is InChI=1S/C15H22N2O4S/c18-15(17-8-10-22(19,20)11-9-17)14-5-4-13(21-14)12-16-6-2-1-3-7-16/h4-5H,1-3,6-12H2. The third kappa shape index (κ3) is 3.70. The molecule has 0 unspecified atom stereocenters. The van der Waals surface area contributed by atoms with Gasteiger partial charge in [0.1, 0.15) is 5.76 Å². The summed E-state index contributed by atoms with van der Waals surface area (Å²) in [6.07, 6.45) is 3.72. The molecule has 0 atom stereocenters. The molecule has 2 saturated heterocycles. The van der Waals surface area contributed by atoms with E-state index >= 15 is 0 Å². The number of piperidine rings is 1. The van der Waals surface area contributed by atoms with Gasteiger partial charge in [0, 0.05) is 13.1 Å². The Morgan fingerprint density at radius 1 is 1.05 bits per heavy atom. The molecule has 0 aromatic carbocycles. The summed E-state index contributed by atoms with van der Waals surface area (Å²) in [7, 11) is -2.98. The molecule has 1 aromatic heterocycles. The van der Waals surface area contributed by atoms with Crippen LogP contribution >= 0.6 is 0 Å². The van der Waals surface area contributed by atoms with Crippen LogP contribution in [0.1, 0.15) is 35.6 Å². The fourth-order valence-electron chi connectivity index (χ4n) is 2.99. The van der Waals surface area contributed by atoms with E-state index in [-0.39, 0.29) is 30.5 Å². The molecule has 2 fully saturated rings. The molecule has 3 rings (SSSR count). The number of hydrogen-bond donors (Lipinski definition) is 0. The number of sulfone groups is 1. The first kappa shape index (κ1) is 15.6. The van der Waals surface area contributed by atoms with E-state index in [1.54, 1.807) is 11.0 Å². The highest BCUT2D eigenvalue weighted by Gasteiger charge is 2.27. The summed E-state index contributed by atoms with van der Waals surface area (Å²) in [5.74, 6) is 0.987. The van der Waals surface area contributed by atoms with Crippen LogP contribution in [0.5, 0.6) is 0 Å². The summed E-state index contributed by atoms with van der Waals surface area (Å²) in [6, 6.07) is 3.55. The van der Waals surface area contributed by atoms with E-state index in [1.165, 1.54) is 19.3 Å². The molecule has 6 nitrogen and oxygen atoms in total. The summed E-state index contributed by atoms with van der Waals surface area (Å²) in [5, 5.41) is 0. The van der Waals surface area contributed by atoms with Crippen molar-refractivity contribution < 1.29 is 17.6 Å². The van der Waals surface area contributed by atoms with Gasteiger partial charge in [-0.1, -0.05) is 6.42 Å². The minimum absolute atomic E-state index is 0.0417. The SMILES string of the molecule is O=C(c1ccc(CN2CCCCC2)o1)N1CCS(=O)(=O)CC1. The largest absolute Gasteiger partial charge is 0.455 e. The minimum Gasteiger partial charge on any atom is -0.455 e. The number of carbonyl (C=O) groups is 1. The topological polar surface area (TPSA) is 70.8 Å². The molecule has 22 heavy (non-hydrogen) atoms. The zero-order valence-corrected chi connectivity index (χ0v) is 13.5. The van der Waals surface area contributed by atoms with Crippen molar-refractivity contribution in [2.45, 2.75) is 25.8 Å². The fourth-order valence-corrected chi connectivity index (χ4v) is 4.19. The van der Waals surface area contributed by atoms with Gasteiger partial charge in [0.05, 0.1) is 18.1 Å². The molecule has 0 spiro atoms. The van der Waals surface area contributed by atoms with Crippen molar-refractivity contribution in [3.8, 4) is 0 Å². The van der Waals surface area contributed by atoms with Crippen LogP contribution < -0.4 is 0 Å². The Bertz CT molecular complexity index is 618. The zero-order valence-electron chi connectivity index (χ0n) is 12.7. The lowest BCUT2D eigenvalue weighted by Gasteiger charge is -2.26. The Kier molecular flexibility index (Phi) is 4.54. The average molecular weight is 326 g/mol. The highest BCUT2D eigenvalue weighted by molar-refractivity contribution is 7.91. The summed E-state index contributed by atoms with van der Waals surface area (Å²) in [5.41, 5.74) is 0. The maximum Gasteiger partial charge on any atom is 0.289 e. The van der Waals surface area contributed by atoms with Crippen LogP contribution in [-0.2, 0) is 16.4 Å².